The Morgan fingerprint density at radius 1 is 0.953 bits per heavy atom. The molecule has 0 unspecified atom stereocenters. The molecule has 2 aliphatic carbocycles. The van der Waals surface area contributed by atoms with Gasteiger partial charge in [0.15, 0.2) is 0 Å². The summed E-state index contributed by atoms with van der Waals surface area (Å²) < 4.78 is 88.2. The topological polar surface area (TPSA) is 55.1 Å². The molecule has 0 bridgehead atoms. The lowest BCUT2D eigenvalue weighted by Gasteiger charge is -2.50. The fourth-order valence-corrected chi connectivity index (χ4v) is 6.70. The molecule has 4 aromatic rings. The minimum absolute atomic E-state index is 0.0400. The summed E-state index contributed by atoms with van der Waals surface area (Å²) in [7, 11) is 0. The second-order valence-corrected chi connectivity index (χ2v) is 12.2. The van der Waals surface area contributed by atoms with E-state index >= 15 is 0 Å². The molecule has 5 nitrogen and oxygen atoms in total. The van der Waals surface area contributed by atoms with Crippen LogP contribution in [0.3, 0.4) is 0 Å². The van der Waals surface area contributed by atoms with Gasteiger partial charge in [0.25, 0.3) is 0 Å². The third-order valence-corrected chi connectivity index (χ3v) is 9.05. The summed E-state index contributed by atoms with van der Waals surface area (Å²) in [5.74, 6) is 0.808. The lowest BCUT2D eigenvalue weighted by Crippen LogP contribution is -2.44. The first-order chi connectivity index (χ1) is 20.4. The van der Waals surface area contributed by atoms with Crippen molar-refractivity contribution in [2.24, 2.45) is 5.41 Å². The van der Waals surface area contributed by atoms with Crippen molar-refractivity contribution in [3.8, 4) is 11.3 Å². The maximum Gasteiger partial charge on any atom is 0.418 e. The first-order valence-electron chi connectivity index (χ1n) is 14.3. The summed E-state index contributed by atoms with van der Waals surface area (Å²) in [5.41, 5.74) is 1.87. The Kier molecular flexibility index (Phi) is 6.37. The van der Waals surface area contributed by atoms with Gasteiger partial charge in [-0.15, -0.1) is 0 Å². The predicted octanol–water partition coefficient (Wildman–Crippen LogP) is 8.97. The van der Waals surface area contributed by atoms with Gasteiger partial charge in [0.05, 0.1) is 16.6 Å². The van der Waals surface area contributed by atoms with E-state index in [1.165, 1.54) is 12.3 Å². The number of aromatic nitrogens is 3. The monoisotopic (exact) mass is 598 g/mol. The second-order valence-electron chi connectivity index (χ2n) is 12.2. The van der Waals surface area contributed by atoms with Gasteiger partial charge in [-0.2, -0.15) is 26.3 Å². The number of anilines is 1. The van der Waals surface area contributed by atoms with Crippen molar-refractivity contribution in [2.45, 2.75) is 63.7 Å². The lowest BCUT2D eigenvalue weighted by atomic mass is 9.60. The van der Waals surface area contributed by atoms with Crippen molar-refractivity contribution in [1.82, 2.24) is 15.1 Å². The van der Waals surface area contributed by atoms with E-state index in [1.807, 2.05) is 12.1 Å². The Labute approximate surface area is 243 Å². The minimum atomic E-state index is -4.57. The Hall–Kier alpha value is -3.89. The van der Waals surface area contributed by atoms with Crippen molar-refractivity contribution < 1.29 is 30.9 Å². The van der Waals surface area contributed by atoms with E-state index < -0.39 is 23.5 Å². The standard InChI is InChI=1S/C32H28F6N4O/c1-18-12-25(31(33,34)35)23-14-21(4-5-27(23)40-18)42-10-7-30(8-11-42)15-19(16-30)13-24-28(41-43-29(24)20-2-3-20)22-6-9-39-17-26(22)32(36,37)38/h4-6,9,12-14,17,20H,2-3,7-8,10-11,15-16H2,1H3. The van der Waals surface area contributed by atoms with Gasteiger partial charge in [-0.05, 0) is 87.3 Å². The molecule has 0 radical (unpaired) electrons. The summed E-state index contributed by atoms with van der Waals surface area (Å²) in [4.78, 5) is 10.1. The Morgan fingerprint density at radius 3 is 2.35 bits per heavy atom. The van der Waals surface area contributed by atoms with Crippen molar-refractivity contribution in [3.63, 3.8) is 0 Å². The highest BCUT2D eigenvalue weighted by molar-refractivity contribution is 5.86. The molecule has 1 aliphatic heterocycles. The van der Waals surface area contributed by atoms with Crippen molar-refractivity contribution in [1.29, 1.82) is 0 Å². The number of allylic oxidation sites excluding steroid dienone is 1. The minimum Gasteiger partial charge on any atom is -0.371 e. The normalized spacial score (nSPS) is 18.8. The van der Waals surface area contributed by atoms with Crippen LogP contribution in [0.2, 0.25) is 0 Å². The number of halogens is 6. The van der Waals surface area contributed by atoms with Crippen LogP contribution >= 0.6 is 0 Å². The van der Waals surface area contributed by atoms with Crippen molar-refractivity contribution in [3.05, 3.63) is 76.4 Å². The number of benzene rings is 1. The summed E-state index contributed by atoms with van der Waals surface area (Å²) in [6.45, 7) is 2.97. The molecule has 3 aromatic heterocycles. The van der Waals surface area contributed by atoms with E-state index in [2.05, 4.69) is 20.0 Å². The van der Waals surface area contributed by atoms with E-state index in [9.17, 15) is 26.3 Å². The van der Waals surface area contributed by atoms with Crippen LogP contribution in [0, 0.1) is 12.3 Å². The zero-order chi connectivity index (χ0) is 30.1. The largest absolute Gasteiger partial charge is 0.418 e. The molecular formula is C32H28F6N4O. The number of alkyl halides is 6. The molecule has 0 amide bonds. The number of piperidine rings is 1. The van der Waals surface area contributed by atoms with Crippen molar-refractivity contribution in [2.75, 3.05) is 18.0 Å². The highest BCUT2D eigenvalue weighted by atomic mass is 19.4. The first-order valence-corrected chi connectivity index (χ1v) is 14.3. The summed E-state index contributed by atoms with van der Waals surface area (Å²) in [6, 6.07) is 7.51. The van der Waals surface area contributed by atoms with E-state index in [-0.39, 0.29) is 28.0 Å². The average molecular weight is 599 g/mol. The third kappa shape index (κ3) is 5.16. The molecular weight excluding hydrogens is 570 g/mol. The molecule has 1 aromatic carbocycles. The molecule has 0 atom stereocenters. The van der Waals surface area contributed by atoms with E-state index in [0.29, 0.717) is 35.6 Å². The maximum atomic E-state index is 13.8. The van der Waals surface area contributed by atoms with Crippen LogP contribution < -0.4 is 4.90 Å². The highest BCUT2D eigenvalue weighted by Gasteiger charge is 2.44. The van der Waals surface area contributed by atoms with Gasteiger partial charge in [0.2, 0.25) is 0 Å². The van der Waals surface area contributed by atoms with Crippen LogP contribution in [0.15, 0.2) is 52.8 Å². The summed E-state index contributed by atoms with van der Waals surface area (Å²) in [6.07, 6.45) is 0.283. The van der Waals surface area contributed by atoms with Crippen LogP contribution in [0.25, 0.3) is 28.2 Å². The highest BCUT2D eigenvalue weighted by Crippen LogP contribution is 2.54. The van der Waals surface area contributed by atoms with Gasteiger partial charge in [0, 0.05) is 59.3 Å². The second kappa shape index (κ2) is 9.82. The van der Waals surface area contributed by atoms with Gasteiger partial charge in [-0.25, -0.2) is 0 Å². The number of hydrogen-bond acceptors (Lipinski definition) is 5. The SMILES string of the molecule is Cc1cc(C(F)(F)F)c2cc(N3CCC4(CC3)CC(=Cc3c(-c5ccncc5C(F)(F)F)noc3C3CC3)C4)ccc2n1. The molecule has 224 valence electrons. The molecule has 0 N–H and O–H groups in total. The summed E-state index contributed by atoms with van der Waals surface area (Å²) >= 11 is 0. The smallest absolute Gasteiger partial charge is 0.371 e. The molecule has 3 fully saturated rings. The van der Waals surface area contributed by atoms with Gasteiger partial charge >= 0.3 is 12.4 Å². The van der Waals surface area contributed by atoms with Gasteiger partial charge in [0.1, 0.15) is 11.5 Å². The number of rotatable bonds is 4. The van der Waals surface area contributed by atoms with E-state index in [1.54, 1.807) is 19.1 Å². The summed E-state index contributed by atoms with van der Waals surface area (Å²) in [5, 5.41) is 4.20. The van der Waals surface area contributed by atoms with Gasteiger partial charge in [-0.3, -0.25) is 9.97 Å². The predicted molar refractivity (Wildman–Crippen MR) is 149 cm³/mol. The third-order valence-electron chi connectivity index (χ3n) is 9.05. The van der Waals surface area contributed by atoms with Crippen LogP contribution in [0.5, 0.6) is 0 Å². The molecule has 7 rings (SSSR count). The van der Waals surface area contributed by atoms with E-state index in [0.717, 1.165) is 62.0 Å². The molecule has 4 heterocycles. The molecule has 11 heteroatoms. The molecule has 43 heavy (non-hydrogen) atoms. The first kappa shape index (κ1) is 27.9. The number of pyridine rings is 2. The Morgan fingerprint density at radius 2 is 1.67 bits per heavy atom. The molecule has 1 saturated heterocycles. The van der Waals surface area contributed by atoms with Crippen LogP contribution in [0.4, 0.5) is 32.0 Å². The number of nitrogens with zero attached hydrogens (tertiary/aromatic N) is 4. The molecule has 1 spiro atoms. The van der Waals surface area contributed by atoms with E-state index in [4.69, 9.17) is 4.52 Å². The van der Waals surface area contributed by atoms with Crippen LogP contribution in [-0.2, 0) is 12.4 Å². The molecule has 2 saturated carbocycles. The average Bonchev–Trinajstić information content (AvgIpc) is 3.70. The number of fused-ring (bicyclic) bond motifs is 1. The van der Waals surface area contributed by atoms with Gasteiger partial charge in [-0.1, -0.05) is 10.7 Å². The zero-order valence-corrected chi connectivity index (χ0v) is 23.3. The Balaban J connectivity index is 1.10. The van der Waals surface area contributed by atoms with Crippen LogP contribution in [0.1, 0.15) is 72.6 Å². The maximum absolute atomic E-state index is 13.8. The Bertz CT molecular complexity index is 1730. The van der Waals surface area contributed by atoms with Crippen molar-refractivity contribution >= 4 is 22.7 Å². The number of hydrogen-bond donors (Lipinski definition) is 0. The lowest BCUT2D eigenvalue weighted by molar-refractivity contribution is -0.137. The number of aryl methyl sites for hydroxylation is 1. The fraction of sp³-hybridized carbons (Fsp3) is 0.406. The van der Waals surface area contributed by atoms with Crippen LogP contribution in [-0.4, -0.2) is 28.2 Å². The zero-order valence-electron chi connectivity index (χ0n) is 23.3. The van der Waals surface area contributed by atoms with Gasteiger partial charge < -0.3 is 9.42 Å². The fourth-order valence-electron chi connectivity index (χ4n) is 6.70. The molecule has 3 aliphatic rings. The quantitative estimate of drug-likeness (QED) is 0.220.